The molecule has 7 heteroatoms. The van der Waals surface area contributed by atoms with Crippen molar-refractivity contribution in [3.8, 4) is 5.75 Å². The first-order valence-electron chi connectivity index (χ1n) is 12.6. The average Bonchev–Trinajstić information content (AvgIpc) is 3.35. The number of fused-ring (bicyclic) bond motifs is 2. The van der Waals surface area contributed by atoms with Gasteiger partial charge in [0.1, 0.15) is 5.75 Å². The van der Waals surface area contributed by atoms with E-state index in [9.17, 15) is 8.42 Å². The van der Waals surface area contributed by atoms with Gasteiger partial charge < -0.3 is 14.2 Å². The highest BCUT2D eigenvalue weighted by Crippen LogP contribution is 2.41. The van der Waals surface area contributed by atoms with Gasteiger partial charge in [0.2, 0.25) is 6.29 Å². The van der Waals surface area contributed by atoms with Crippen LogP contribution in [0.3, 0.4) is 0 Å². The van der Waals surface area contributed by atoms with Crippen molar-refractivity contribution in [1.29, 1.82) is 0 Å². The Kier molecular flexibility index (Phi) is 6.50. The Labute approximate surface area is 228 Å². The molecule has 39 heavy (non-hydrogen) atoms. The van der Waals surface area contributed by atoms with Gasteiger partial charge in [0, 0.05) is 34.8 Å². The molecule has 1 aromatic heterocycles. The van der Waals surface area contributed by atoms with Crippen LogP contribution in [0.1, 0.15) is 23.1 Å². The van der Waals surface area contributed by atoms with Crippen molar-refractivity contribution in [3.63, 3.8) is 0 Å². The SMILES string of the molecule is COc1cccc2c1N(Cc1ccccc1)C(n1c(/C=C/S(=O)(=O)c3ccccc3)cc3ccccc31)N=C2. The van der Waals surface area contributed by atoms with Crippen molar-refractivity contribution in [2.75, 3.05) is 12.0 Å². The molecule has 1 unspecified atom stereocenters. The van der Waals surface area contributed by atoms with Crippen LogP contribution in [-0.4, -0.2) is 26.3 Å². The maximum Gasteiger partial charge on any atom is 0.203 e. The lowest BCUT2D eigenvalue weighted by Gasteiger charge is -2.37. The van der Waals surface area contributed by atoms with E-state index in [0.717, 1.165) is 39.2 Å². The maximum atomic E-state index is 13.1. The first-order valence-corrected chi connectivity index (χ1v) is 14.2. The van der Waals surface area contributed by atoms with Gasteiger partial charge in [-0.3, -0.25) is 0 Å². The highest BCUT2D eigenvalue weighted by molar-refractivity contribution is 7.94. The summed E-state index contributed by atoms with van der Waals surface area (Å²) in [6.07, 6.45) is 3.05. The summed E-state index contributed by atoms with van der Waals surface area (Å²) in [5.74, 6) is 0.750. The molecule has 1 atom stereocenters. The molecule has 0 bridgehead atoms. The van der Waals surface area contributed by atoms with Crippen molar-refractivity contribution >= 4 is 38.7 Å². The van der Waals surface area contributed by atoms with Crippen LogP contribution in [0.5, 0.6) is 5.75 Å². The van der Waals surface area contributed by atoms with E-state index in [1.165, 1.54) is 5.41 Å². The Morgan fingerprint density at radius 2 is 1.59 bits per heavy atom. The van der Waals surface area contributed by atoms with Crippen LogP contribution < -0.4 is 9.64 Å². The summed E-state index contributed by atoms with van der Waals surface area (Å²) in [6, 6.07) is 34.6. The fraction of sp³-hybridized carbons (Fsp3) is 0.0938. The molecule has 194 valence electrons. The molecular weight excluding hydrogens is 506 g/mol. The Bertz CT molecular complexity index is 1790. The Morgan fingerprint density at radius 3 is 2.36 bits per heavy atom. The summed E-state index contributed by atoms with van der Waals surface area (Å²) >= 11 is 0. The summed E-state index contributed by atoms with van der Waals surface area (Å²) in [5.41, 5.74) is 4.70. The van der Waals surface area contributed by atoms with Gasteiger partial charge in [0.15, 0.2) is 9.84 Å². The molecule has 0 fully saturated rings. The standard InChI is InChI=1S/C32H27N3O3S/c1-38-30-18-10-14-26-22-33-32(34(31(26)30)23-24-11-4-2-5-12-24)35-27(21-25-13-8-9-17-29(25)35)19-20-39(36,37)28-15-6-3-7-16-28/h2-22,32H,23H2,1H3/b20-19+. The van der Waals surface area contributed by atoms with Crippen LogP contribution in [0, 0.1) is 0 Å². The van der Waals surface area contributed by atoms with Gasteiger partial charge in [-0.15, -0.1) is 0 Å². The second-order valence-corrected chi connectivity index (χ2v) is 11.1. The van der Waals surface area contributed by atoms with Crippen molar-refractivity contribution in [2.45, 2.75) is 17.7 Å². The summed E-state index contributed by atoms with van der Waals surface area (Å²) in [7, 11) is -1.96. The lowest BCUT2D eigenvalue weighted by atomic mass is 10.1. The van der Waals surface area contributed by atoms with Crippen molar-refractivity contribution in [3.05, 3.63) is 131 Å². The zero-order valence-corrected chi connectivity index (χ0v) is 22.2. The Hall–Kier alpha value is -4.62. The van der Waals surface area contributed by atoms with E-state index in [-0.39, 0.29) is 4.90 Å². The predicted octanol–water partition coefficient (Wildman–Crippen LogP) is 6.69. The minimum Gasteiger partial charge on any atom is -0.495 e. The third kappa shape index (κ3) is 4.73. The molecule has 4 aromatic carbocycles. The second-order valence-electron chi connectivity index (χ2n) is 9.30. The number of anilines is 1. The highest BCUT2D eigenvalue weighted by Gasteiger charge is 2.30. The molecule has 6 nitrogen and oxygen atoms in total. The topological polar surface area (TPSA) is 63.9 Å². The third-order valence-corrected chi connectivity index (χ3v) is 8.28. The summed E-state index contributed by atoms with van der Waals surface area (Å²) < 4.78 is 34.1. The van der Waals surface area contributed by atoms with E-state index in [4.69, 9.17) is 9.73 Å². The van der Waals surface area contributed by atoms with E-state index in [2.05, 4.69) is 21.6 Å². The van der Waals surface area contributed by atoms with E-state index in [1.807, 2.05) is 72.9 Å². The van der Waals surface area contributed by atoms with Crippen LogP contribution in [0.25, 0.3) is 17.0 Å². The smallest absolute Gasteiger partial charge is 0.203 e. The zero-order valence-electron chi connectivity index (χ0n) is 21.4. The van der Waals surface area contributed by atoms with E-state index in [1.54, 1.807) is 43.5 Å². The molecule has 0 N–H and O–H groups in total. The van der Waals surface area contributed by atoms with Crippen LogP contribution in [0.15, 0.2) is 124 Å². The summed E-state index contributed by atoms with van der Waals surface area (Å²) in [6.45, 7) is 0.578. The first-order chi connectivity index (χ1) is 19.0. The monoisotopic (exact) mass is 533 g/mol. The number of benzene rings is 4. The molecule has 0 aliphatic carbocycles. The van der Waals surface area contributed by atoms with Crippen molar-refractivity contribution in [1.82, 2.24) is 4.57 Å². The quantitative estimate of drug-likeness (QED) is 0.234. The summed E-state index contributed by atoms with van der Waals surface area (Å²) in [4.78, 5) is 7.47. The number of hydrogen-bond donors (Lipinski definition) is 0. The highest BCUT2D eigenvalue weighted by atomic mass is 32.2. The van der Waals surface area contributed by atoms with Gasteiger partial charge in [-0.1, -0.05) is 78.9 Å². The Balaban J connectivity index is 1.52. The number of hydrogen-bond acceptors (Lipinski definition) is 5. The molecule has 5 aromatic rings. The van der Waals surface area contributed by atoms with Crippen LogP contribution >= 0.6 is 0 Å². The fourth-order valence-electron chi connectivity index (χ4n) is 5.04. The number of nitrogens with zero attached hydrogens (tertiary/aromatic N) is 3. The molecule has 2 heterocycles. The molecular formula is C32H27N3O3S. The minimum atomic E-state index is -3.63. The third-order valence-electron chi connectivity index (χ3n) is 6.86. The van der Waals surface area contributed by atoms with Gasteiger partial charge in [-0.05, 0) is 42.0 Å². The number of ether oxygens (including phenoxy) is 1. The number of aromatic nitrogens is 1. The molecule has 0 saturated carbocycles. The number of para-hydroxylation sites is 2. The van der Waals surface area contributed by atoms with E-state index in [0.29, 0.717) is 6.54 Å². The normalized spacial score (nSPS) is 15.1. The molecule has 0 spiro atoms. The molecule has 0 amide bonds. The summed E-state index contributed by atoms with van der Waals surface area (Å²) in [5, 5.41) is 2.27. The molecule has 0 saturated heterocycles. The lowest BCUT2D eigenvalue weighted by Crippen LogP contribution is -2.35. The second kappa shape index (κ2) is 10.3. The zero-order chi connectivity index (χ0) is 26.8. The van der Waals surface area contributed by atoms with Gasteiger partial charge in [-0.25, -0.2) is 13.4 Å². The molecule has 1 aliphatic heterocycles. The Morgan fingerprint density at radius 1 is 0.872 bits per heavy atom. The van der Waals surface area contributed by atoms with Crippen molar-refractivity contribution in [2.24, 2.45) is 4.99 Å². The molecule has 1 aliphatic rings. The lowest BCUT2D eigenvalue weighted by molar-refractivity contribution is 0.406. The van der Waals surface area contributed by atoms with Crippen LogP contribution in [0.4, 0.5) is 5.69 Å². The molecule has 6 rings (SSSR count). The largest absolute Gasteiger partial charge is 0.495 e. The number of aliphatic imine (C=N–C) groups is 1. The minimum absolute atomic E-state index is 0.254. The van der Waals surface area contributed by atoms with Gasteiger partial charge in [0.25, 0.3) is 0 Å². The number of rotatable bonds is 7. The van der Waals surface area contributed by atoms with E-state index < -0.39 is 16.1 Å². The fourth-order valence-corrected chi connectivity index (χ4v) is 6.05. The van der Waals surface area contributed by atoms with Gasteiger partial charge in [0.05, 0.1) is 23.2 Å². The number of sulfone groups is 1. The van der Waals surface area contributed by atoms with Gasteiger partial charge >= 0.3 is 0 Å². The maximum absolute atomic E-state index is 13.1. The van der Waals surface area contributed by atoms with Crippen molar-refractivity contribution < 1.29 is 13.2 Å². The first kappa shape index (κ1) is 24.7. The average molecular weight is 534 g/mol. The van der Waals surface area contributed by atoms with Crippen LogP contribution in [0.2, 0.25) is 0 Å². The van der Waals surface area contributed by atoms with E-state index >= 15 is 0 Å². The predicted molar refractivity (Wildman–Crippen MR) is 157 cm³/mol. The van der Waals surface area contributed by atoms with Gasteiger partial charge in [-0.2, -0.15) is 0 Å². The van der Waals surface area contributed by atoms with Crippen LogP contribution in [-0.2, 0) is 16.4 Å². The number of methoxy groups -OCH3 is 1. The molecule has 0 radical (unpaired) electrons.